The van der Waals surface area contributed by atoms with Crippen LogP contribution in [-0.2, 0) is 20.5 Å². The average molecular weight is 528 g/mol. The monoisotopic (exact) mass is 527 g/mol. The van der Waals surface area contributed by atoms with Crippen molar-refractivity contribution in [3.05, 3.63) is 58.6 Å². The maximum absolute atomic E-state index is 13.0. The van der Waals surface area contributed by atoms with Crippen LogP contribution in [-0.4, -0.2) is 46.3 Å². The molecule has 2 aromatic rings. The van der Waals surface area contributed by atoms with E-state index >= 15 is 0 Å². The zero-order chi connectivity index (χ0) is 25.8. The van der Waals surface area contributed by atoms with Gasteiger partial charge in [0.25, 0.3) is 0 Å². The van der Waals surface area contributed by atoms with Crippen LogP contribution in [0.3, 0.4) is 0 Å². The van der Waals surface area contributed by atoms with E-state index < -0.39 is 28.9 Å². The fraction of sp³-hybridized carbons (Fsp3) is 0.304. The normalized spacial score (nSPS) is 17.1. The largest absolute Gasteiger partial charge is 0.462 e. The molecule has 7 nitrogen and oxygen atoms in total. The molecule has 1 heterocycles. The molecule has 1 aliphatic heterocycles. The van der Waals surface area contributed by atoms with E-state index in [1.54, 1.807) is 38.1 Å². The number of amides is 2. The minimum absolute atomic E-state index is 0.0551. The van der Waals surface area contributed by atoms with Crippen molar-refractivity contribution in [1.29, 1.82) is 0 Å². The second-order valence-corrected chi connectivity index (χ2v) is 8.87. The first-order valence-corrected chi connectivity index (χ1v) is 11.8. The van der Waals surface area contributed by atoms with Crippen LogP contribution >= 0.6 is 23.4 Å². The Morgan fingerprint density at radius 2 is 1.86 bits per heavy atom. The number of alkyl halides is 3. The summed E-state index contributed by atoms with van der Waals surface area (Å²) in [5.74, 6) is -1.46. The van der Waals surface area contributed by atoms with E-state index in [0.29, 0.717) is 23.0 Å². The van der Waals surface area contributed by atoms with Crippen molar-refractivity contribution in [2.75, 3.05) is 18.5 Å². The lowest BCUT2D eigenvalue weighted by molar-refractivity contribution is -0.137. The lowest BCUT2D eigenvalue weighted by atomic mass is 10.2. The summed E-state index contributed by atoms with van der Waals surface area (Å²) in [7, 11) is 0. The van der Waals surface area contributed by atoms with Gasteiger partial charge < -0.3 is 10.1 Å². The molecule has 3 rings (SSSR count). The molecule has 1 fully saturated rings. The number of benzene rings is 2. The number of carbonyl (C=O) groups excluding carboxylic acids is 3. The number of aliphatic imine (C=N–C) groups is 1. The third-order valence-electron chi connectivity index (χ3n) is 4.88. The molecular formula is C23H21ClF3N3O4S. The predicted molar refractivity (Wildman–Crippen MR) is 128 cm³/mol. The maximum atomic E-state index is 13.0. The second-order valence-electron chi connectivity index (χ2n) is 7.30. The molecule has 0 aliphatic carbocycles. The maximum Gasteiger partial charge on any atom is 0.416 e. The Kier molecular flexibility index (Phi) is 8.44. The molecule has 12 heteroatoms. The van der Waals surface area contributed by atoms with Crippen LogP contribution in [0.5, 0.6) is 0 Å². The van der Waals surface area contributed by atoms with Crippen molar-refractivity contribution in [3.8, 4) is 0 Å². The van der Waals surface area contributed by atoms with Crippen LogP contribution < -0.4 is 5.32 Å². The smallest absolute Gasteiger partial charge is 0.416 e. The Hall–Kier alpha value is -3.05. The zero-order valence-corrected chi connectivity index (χ0v) is 20.3. The SMILES string of the molecule is CCOC(=O)c1ccc(N=C2SC(CC(=O)Nc3cc(C(F)(F)F)ccc3Cl)C(=O)N2CC)cc1. The molecule has 1 aliphatic rings. The molecule has 1 atom stereocenters. The molecule has 2 aromatic carbocycles. The Bertz CT molecular complexity index is 1160. The minimum atomic E-state index is -4.59. The van der Waals surface area contributed by atoms with E-state index in [9.17, 15) is 27.6 Å². The van der Waals surface area contributed by atoms with Crippen LogP contribution in [0, 0.1) is 0 Å². The fourth-order valence-corrected chi connectivity index (χ4v) is 4.57. The number of carbonyl (C=O) groups is 3. The molecule has 1 unspecified atom stereocenters. The van der Waals surface area contributed by atoms with Gasteiger partial charge in [-0.2, -0.15) is 13.2 Å². The Morgan fingerprint density at radius 1 is 1.17 bits per heavy atom. The van der Waals surface area contributed by atoms with Gasteiger partial charge >= 0.3 is 12.1 Å². The Morgan fingerprint density at radius 3 is 2.46 bits per heavy atom. The van der Waals surface area contributed by atoms with Crippen LogP contribution in [0.2, 0.25) is 5.02 Å². The summed E-state index contributed by atoms with van der Waals surface area (Å²) in [5, 5.41) is 1.86. The number of nitrogens with zero attached hydrogens (tertiary/aromatic N) is 2. The number of amidine groups is 1. The second kappa shape index (κ2) is 11.1. The van der Waals surface area contributed by atoms with Crippen LogP contribution in [0.25, 0.3) is 0 Å². The molecule has 0 aromatic heterocycles. The topological polar surface area (TPSA) is 88.1 Å². The fourth-order valence-electron chi connectivity index (χ4n) is 3.18. The Labute approximate surface area is 208 Å². The van der Waals surface area contributed by atoms with E-state index in [4.69, 9.17) is 16.3 Å². The van der Waals surface area contributed by atoms with Crippen LogP contribution in [0.1, 0.15) is 36.2 Å². The first-order chi connectivity index (χ1) is 16.5. The lowest BCUT2D eigenvalue weighted by Gasteiger charge is -2.14. The number of hydrogen-bond acceptors (Lipinski definition) is 6. The quantitative estimate of drug-likeness (QED) is 0.479. The van der Waals surface area contributed by atoms with Crippen molar-refractivity contribution in [2.45, 2.75) is 31.7 Å². The van der Waals surface area contributed by atoms with E-state index in [2.05, 4.69) is 10.3 Å². The molecule has 35 heavy (non-hydrogen) atoms. The molecule has 2 amide bonds. The number of thioether (sulfide) groups is 1. The van der Waals surface area contributed by atoms with Crippen molar-refractivity contribution >= 4 is 57.7 Å². The molecule has 1 N–H and O–H groups in total. The van der Waals surface area contributed by atoms with E-state index in [1.165, 1.54) is 4.90 Å². The first-order valence-electron chi connectivity index (χ1n) is 10.5. The van der Waals surface area contributed by atoms with Crippen LogP contribution in [0.4, 0.5) is 24.5 Å². The third kappa shape index (κ3) is 6.55. The van der Waals surface area contributed by atoms with E-state index in [1.807, 2.05) is 0 Å². The number of esters is 1. The van der Waals surface area contributed by atoms with E-state index in [-0.39, 0.29) is 29.6 Å². The third-order valence-corrected chi connectivity index (χ3v) is 6.38. The van der Waals surface area contributed by atoms with Crippen molar-refractivity contribution in [1.82, 2.24) is 4.90 Å². The van der Waals surface area contributed by atoms with Crippen molar-refractivity contribution < 1.29 is 32.3 Å². The van der Waals surface area contributed by atoms with Gasteiger partial charge in [-0.05, 0) is 56.3 Å². The number of anilines is 1. The highest BCUT2D eigenvalue weighted by molar-refractivity contribution is 8.15. The van der Waals surface area contributed by atoms with Crippen molar-refractivity contribution in [3.63, 3.8) is 0 Å². The summed E-state index contributed by atoms with van der Waals surface area (Å²) in [6.45, 7) is 4.02. The summed E-state index contributed by atoms with van der Waals surface area (Å²) in [6.07, 6.45) is -4.88. The highest BCUT2D eigenvalue weighted by Gasteiger charge is 2.38. The predicted octanol–water partition coefficient (Wildman–Crippen LogP) is 5.52. The zero-order valence-electron chi connectivity index (χ0n) is 18.7. The van der Waals surface area contributed by atoms with Gasteiger partial charge in [-0.3, -0.25) is 14.5 Å². The molecule has 186 valence electrons. The highest BCUT2D eigenvalue weighted by atomic mass is 35.5. The molecule has 0 radical (unpaired) electrons. The number of ether oxygens (including phenoxy) is 1. The molecule has 0 spiro atoms. The molecule has 0 saturated carbocycles. The van der Waals surface area contributed by atoms with Gasteiger partial charge in [-0.25, -0.2) is 9.79 Å². The average Bonchev–Trinajstić information content (AvgIpc) is 3.08. The first kappa shape index (κ1) is 26.6. The lowest BCUT2D eigenvalue weighted by Crippen LogP contribution is -2.33. The van der Waals surface area contributed by atoms with Gasteiger partial charge in [0.2, 0.25) is 11.8 Å². The summed E-state index contributed by atoms with van der Waals surface area (Å²) in [5.41, 5.74) is -0.289. The molecule has 1 saturated heterocycles. The molecule has 0 bridgehead atoms. The summed E-state index contributed by atoms with van der Waals surface area (Å²) < 4.78 is 43.9. The van der Waals surface area contributed by atoms with Crippen LogP contribution in [0.15, 0.2) is 47.5 Å². The Balaban J connectivity index is 1.71. The summed E-state index contributed by atoms with van der Waals surface area (Å²) in [6, 6.07) is 8.93. The van der Waals surface area contributed by atoms with E-state index in [0.717, 1.165) is 30.0 Å². The number of hydrogen-bond donors (Lipinski definition) is 1. The minimum Gasteiger partial charge on any atom is -0.462 e. The number of rotatable bonds is 7. The van der Waals surface area contributed by atoms with Gasteiger partial charge in [0.05, 0.1) is 34.1 Å². The van der Waals surface area contributed by atoms with Crippen molar-refractivity contribution in [2.24, 2.45) is 4.99 Å². The van der Waals surface area contributed by atoms with Gasteiger partial charge in [0.15, 0.2) is 5.17 Å². The van der Waals surface area contributed by atoms with Gasteiger partial charge in [-0.1, -0.05) is 23.4 Å². The molecular weight excluding hydrogens is 507 g/mol. The van der Waals surface area contributed by atoms with Gasteiger partial charge in [-0.15, -0.1) is 0 Å². The van der Waals surface area contributed by atoms with Gasteiger partial charge in [0.1, 0.15) is 5.25 Å². The highest BCUT2D eigenvalue weighted by Crippen LogP contribution is 2.35. The van der Waals surface area contributed by atoms with Gasteiger partial charge in [0, 0.05) is 13.0 Å². The standard InChI is InChI=1S/C23H21ClF3N3O4S/c1-3-30-20(32)18(12-19(31)29-17-11-14(23(25,26)27)7-10-16(17)24)35-22(30)28-15-8-5-13(6-9-15)21(33)34-4-2/h5-11,18H,3-4,12H2,1-2H3,(H,29,31). The number of halogens is 4. The summed E-state index contributed by atoms with van der Waals surface area (Å²) in [4.78, 5) is 43.0. The number of nitrogens with one attached hydrogen (secondary N) is 1. The summed E-state index contributed by atoms with van der Waals surface area (Å²) >= 11 is 7.01.